The number of aliphatic carboxylic acids is 1. The minimum Gasteiger partial charge on any atom is -0.481 e. The molecule has 1 aromatic carbocycles. The van der Waals surface area contributed by atoms with Gasteiger partial charge in [0.15, 0.2) is 0 Å². The van der Waals surface area contributed by atoms with E-state index in [1.165, 1.54) is 6.92 Å². The van der Waals surface area contributed by atoms with Crippen molar-refractivity contribution in [1.82, 2.24) is 0 Å². The van der Waals surface area contributed by atoms with Gasteiger partial charge in [0, 0.05) is 5.56 Å². The Bertz CT molecular complexity index is 419. The second-order valence-corrected chi connectivity index (χ2v) is 3.02. The summed E-state index contributed by atoms with van der Waals surface area (Å²) in [5, 5.41) is 19.2. The standard InChI is InChI=1S/C9H8FNO4/c1-5(9(12)13)7-3-2-6(10)4-8(7)11(14)15/h2-5H,1H3,(H,12,13)/t5-/m0/s1. The Morgan fingerprint density at radius 3 is 2.67 bits per heavy atom. The molecule has 5 nitrogen and oxygen atoms in total. The number of carboxylic acids is 1. The van der Waals surface area contributed by atoms with E-state index in [0.29, 0.717) is 0 Å². The summed E-state index contributed by atoms with van der Waals surface area (Å²) in [6.45, 7) is 1.31. The molecule has 80 valence electrons. The normalized spacial score (nSPS) is 12.1. The zero-order valence-electron chi connectivity index (χ0n) is 7.81. The predicted octanol–water partition coefficient (Wildman–Crippen LogP) is 1.92. The fraction of sp³-hybridized carbons (Fsp3) is 0.222. The molecule has 0 aliphatic rings. The average molecular weight is 213 g/mol. The molecule has 1 rings (SSSR count). The Labute approximate surface area is 84.3 Å². The molecule has 0 saturated heterocycles. The fourth-order valence-electron chi connectivity index (χ4n) is 1.17. The molecule has 0 saturated carbocycles. The van der Waals surface area contributed by atoms with Crippen LogP contribution in [0.25, 0.3) is 0 Å². The van der Waals surface area contributed by atoms with Crippen molar-refractivity contribution in [1.29, 1.82) is 0 Å². The highest BCUT2D eigenvalue weighted by molar-refractivity contribution is 5.77. The maximum atomic E-state index is 12.7. The monoisotopic (exact) mass is 213 g/mol. The minimum atomic E-state index is -1.19. The van der Waals surface area contributed by atoms with Crippen LogP contribution in [0.15, 0.2) is 18.2 Å². The molecule has 1 N–H and O–H groups in total. The molecule has 6 heteroatoms. The Morgan fingerprint density at radius 2 is 2.20 bits per heavy atom. The van der Waals surface area contributed by atoms with Crippen LogP contribution in [0, 0.1) is 15.9 Å². The summed E-state index contributed by atoms with van der Waals surface area (Å²) < 4.78 is 12.7. The Morgan fingerprint density at radius 1 is 1.60 bits per heavy atom. The molecule has 1 aromatic rings. The topological polar surface area (TPSA) is 80.4 Å². The smallest absolute Gasteiger partial charge is 0.310 e. The highest BCUT2D eigenvalue weighted by Crippen LogP contribution is 2.27. The average Bonchev–Trinajstić information content (AvgIpc) is 2.16. The van der Waals surface area contributed by atoms with Crippen LogP contribution >= 0.6 is 0 Å². The predicted molar refractivity (Wildman–Crippen MR) is 49.1 cm³/mol. The molecule has 0 aliphatic carbocycles. The summed E-state index contributed by atoms with van der Waals surface area (Å²) in [6.07, 6.45) is 0. The van der Waals surface area contributed by atoms with Gasteiger partial charge in [0.25, 0.3) is 5.69 Å². The first-order valence-electron chi connectivity index (χ1n) is 4.10. The van der Waals surface area contributed by atoms with Gasteiger partial charge in [-0.2, -0.15) is 0 Å². The first kappa shape index (κ1) is 11.1. The number of carboxylic acid groups (broad SMARTS) is 1. The number of nitro groups is 1. The number of nitrogens with zero attached hydrogens (tertiary/aromatic N) is 1. The lowest BCUT2D eigenvalue weighted by Crippen LogP contribution is -2.09. The van der Waals surface area contributed by atoms with Crippen LogP contribution in [0.5, 0.6) is 0 Å². The SMILES string of the molecule is C[C@H](C(=O)O)c1ccc(F)cc1[N+](=O)[O-]. The molecule has 0 bridgehead atoms. The molecule has 0 fully saturated rings. The lowest BCUT2D eigenvalue weighted by atomic mass is 9.99. The largest absolute Gasteiger partial charge is 0.481 e. The number of rotatable bonds is 3. The van der Waals surface area contributed by atoms with Crippen molar-refractivity contribution in [3.8, 4) is 0 Å². The number of benzene rings is 1. The van der Waals surface area contributed by atoms with Gasteiger partial charge in [-0.1, -0.05) is 0 Å². The lowest BCUT2D eigenvalue weighted by Gasteiger charge is -2.06. The van der Waals surface area contributed by atoms with Gasteiger partial charge in [0.1, 0.15) is 5.82 Å². The molecular formula is C9H8FNO4. The van der Waals surface area contributed by atoms with E-state index in [2.05, 4.69) is 0 Å². The summed E-state index contributed by atoms with van der Waals surface area (Å²) >= 11 is 0. The molecule has 1 atom stereocenters. The summed E-state index contributed by atoms with van der Waals surface area (Å²) in [5.74, 6) is -2.99. The van der Waals surface area contributed by atoms with Crippen LogP contribution in [0.4, 0.5) is 10.1 Å². The number of nitro benzene ring substituents is 1. The van der Waals surface area contributed by atoms with E-state index in [9.17, 15) is 19.3 Å². The van der Waals surface area contributed by atoms with E-state index in [1.54, 1.807) is 0 Å². The third kappa shape index (κ3) is 2.28. The van der Waals surface area contributed by atoms with Crippen LogP contribution in [0.1, 0.15) is 18.4 Å². The zero-order chi connectivity index (χ0) is 11.6. The van der Waals surface area contributed by atoms with Crippen molar-refractivity contribution >= 4 is 11.7 Å². The fourth-order valence-corrected chi connectivity index (χ4v) is 1.17. The maximum absolute atomic E-state index is 12.7. The first-order chi connectivity index (χ1) is 6.93. The van der Waals surface area contributed by atoms with E-state index < -0.39 is 28.3 Å². The molecule has 0 heterocycles. The van der Waals surface area contributed by atoms with Gasteiger partial charge in [0.2, 0.25) is 0 Å². The van der Waals surface area contributed by atoms with E-state index in [1.807, 2.05) is 0 Å². The molecule has 0 radical (unpaired) electrons. The van der Waals surface area contributed by atoms with Gasteiger partial charge in [-0.25, -0.2) is 4.39 Å². The molecule has 15 heavy (non-hydrogen) atoms. The van der Waals surface area contributed by atoms with Gasteiger partial charge in [-0.05, 0) is 19.1 Å². The third-order valence-corrected chi connectivity index (χ3v) is 2.03. The van der Waals surface area contributed by atoms with Gasteiger partial charge in [-0.3, -0.25) is 14.9 Å². The molecule has 0 aromatic heterocycles. The molecule has 0 amide bonds. The molecular weight excluding hydrogens is 205 g/mol. The summed E-state index contributed by atoms with van der Waals surface area (Å²) in [6, 6.07) is 2.84. The highest BCUT2D eigenvalue weighted by Gasteiger charge is 2.24. The minimum absolute atomic E-state index is 0.00565. The van der Waals surface area contributed by atoms with Crippen LogP contribution in [-0.2, 0) is 4.79 Å². The summed E-state index contributed by atoms with van der Waals surface area (Å²) in [4.78, 5) is 20.4. The van der Waals surface area contributed by atoms with Crippen molar-refractivity contribution in [3.63, 3.8) is 0 Å². The first-order valence-corrected chi connectivity index (χ1v) is 4.10. The number of carbonyl (C=O) groups is 1. The zero-order valence-corrected chi connectivity index (χ0v) is 7.81. The summed E-state index contributed by atoms with van der Waals surface area (Å²) in [7, 11) is 0. The second kappa shape index (κ2) is 4.04. The van der Waals surface area contributed by atoms with Crippen molar-refractivity contribution in [2.75, 3.05) is 0 Å². The van der Waals surface area contributed by atoms with E-state index >= 15 is 0 Å². The lowest BCUT2D eigenvalue weighted by molar-refractivity contribution is -0.385. The second-order valence-electron chi connectivity index (χ2n) is 3.02. The Kier molecular flexibility index (Phi) is 2.99. The van der Waals surface area contributed by atoms with Crippen molar-refractivity contribution < 1.29 is 19.2 Å². The molecule has 0 aliphatic heterocycles. The van der Waals surface area contributed by atoms with Crippen molar-refractivity contribution in [2.45, 2.75) is 12.8 Å². The van der Waals surface area contributed by atoms with Crippen LogP contribution in [0.2, 0.25) is 0 Å². The van der Waals surface area contributed by atoms with Crippen LogP contribution < -0.4 is 0 Å². The van der Waals surface area contributed by atoms with Crippen LogP contribution in [-0.4, -0.2) is 16.0 Å². The highest BCUT2D eigenvalue weighted by atomic mass is 19.1. The number of halogens is 1. The van der Waals surface area contributed by atoms with E-state index in [-0.39, 0.29) is 5.56 Å². The Balaban J connectivity index is 3.28. The molecule has 0 spiro atoms. The van der Waals surface area contributed by atoms with Crippen molar-refractivity contribution in [3.05, 3.63) is 39.7 Å². The van der Waals surface area contributed by atoms with Gasteiger partial charge >= 0.3 is 5.97 Å². The number of hydrogen-bond acceptors (Lipinski definition) is 3. The maximum Gasteiger partial charge on any atom is 0.310 e. The summed E-state index contributed by atoms with van der Waals surface area (Å²) in [5.41, 5.74) is -0.515. The Hall–Kier alpha value is -1.98. The van der Waals surface area contributed by atoms with E-state index in [0.717, 1.165) is 18.2 Å². The molecule has 0 unspecified atom stereocenters. The van der Waals surface area contributed by atoms with E-state index in [4.69, 9.17) is 5.11 Å². The third-order valence-electron chi connectivity index (χ3n) is 2.03. The van der Waals surface area contributed by atoms with Crippen LogP contribution in [0.3, 0.4) is 0 Å². The number of hydrogen-bond donors (Lipinski definition) is 1. The van der Waals surface area contributed by atoms with Crippen molar-refractivity contribution in [2.24, 2.45) is 0 Å². The quantitative estimate of drug-likeness (QED) is 0.614. The van der Waals surface area contributed by atoms with Gasteiger partial charge in [-0.15, -0.1) is 0 Å². The van der Waals surface area contributed by atoms with Gasteiger partial charge < -0.3 is 5.11 Å². The van der Waals surface area contributed by atoms with Gasteiger partial charge in [0.05, 0.1) is 16.9 Å².